The van der Waals surface area contributed by atoms with Gasteiger partial charge in [0.1, 0.15) is 28.5 Å². The van der Waals surface area contributed by atoms with Crippen LogP contribution in [0.15, 0.2) is 53.1 Å². The van der Waals surface area contributed by atoms with Crippen LogP contribution in [0.5, 0.6) is 11.5 Å². The summed E-state index contributed by atoms with van der Waals surface area (Å²) in [5.41, 5.74) is 1.23. The Hall–Kier alpha value is -2.79. The molecule has 0 fully saturated rings. The first-order valence-electron chi connectivity index (χ1n) is 8.26. The number of benzene rings is 2. The van der Waals surface area contributed by atoms with Gasteiger partial charge in [-0.25, -0.2) is 4.79 Å². The van der Waals surface area contributed by atoms with Crippen LogP contribution in [0.4, 0.5) is 0 Å². The van der Waals surface area contributed by atoms with Crippen molar-refractivity contribution < 1.29 is 18.8 Å². The molecule has 6 heteroatoms. The van der Waals surface area contributed by atoms with Crippen molar-refractivity contribution in [1.82, 2.24) is 5.16 Å². The molecule has 1 aromatic heterocycles. The number of hydrogen-bond donors (Lipinski definition) is 0. The molecule has 0 amide bonds. The van der Waals surface area contributed by atoms with Gasteiger partial charge in [0, 0.05) is 5.56 Å². The second kappa shape index (κ2) is 8.06. The minimum absolute atomic E-state index is 0.254. The maximum atomic E-state index is 12.7. The molecule has 0 unspecified atom stereocenters. The van der Waals surface area contributed by atoms with E-state index in [2.05, 4.69) is 5.16 Å². The number of ether oxygens (including phenoxy) is 2. The van der Waals surface area contributed by atoms with Gasteiger partial charge < -0.3 is 14.0 Å². The van der Waals surface area contributed by atoms with Crippen LogP contribution >= 0.6 is 11.6 Å². The van der Waals surface area contributed by atoms with Crippen LogP contribution in [0.1, 0.15) is 29.5 Å². The highest BCUT2D eigenvalue weighted by Gasteiger charge is 2.24. The maximum absolute atomic E-state index is 12.7. The summed E-state index contributed by atoms with van der Waals surface area (Å²) in [5, 5.41) is 4.46. The van der Waals surface area contributed by atoms with Gasteiger partial charge in [-0.1, -0.05) is 41.9 Å². The minimum Gasteiger partial charge on any atom is -0.494 e. The quantitative estimate of drug-likeness (QED) is 0.434. The number of halogens is 1. The fourth-order valence-corrected chi connectivity index (χ4v) is 2.66. The zero-order valence-corrected chi connectivity index (χ0v) is 15.2. The van der Waals surface area contributed by atoms with Gasteiger partial charge in [-0.15, -0.1) is 0 Å². The number of esters is 1. The Morgan fingerprint density at radius 2 is 1.81 bits per heavy atom. The van der Waals surface area contributed by atoms with E-state index in [4.69, 9.17) is 25.6 Å². The van der Waals surface area contributed by atoms with Crippen molar-refractivity contribution in [2.45, 2.75) is 20.3 Å². The Morgan fingerprint density at radius 3 is 2.50 bits per heavy atom. The van der Waals surface area contributed by atoms with Crippen molar-refractivity contribution in [3.8, 4) is 22.8 Å². The van der Waals surface area contributed by atoms with Gasteiger partial charge in [0.2, 0.25) is 0 Å². The maximum Gasteiger partial charge on any atom is 0.349 e. The third-order valence-corrected chi connectivity index (χ3v) is 4.03. The Bertz CT molecular complexity index is 902. The molecule has 0 bridgehead atoms. The van der Waals surface area contributed by atoms with Crippen LogP contribution in [-0.2, 0) is 0 Å². The lowest BCUT2D eigenvalue weighted by molar-refractivity contribution is 0.0733. The van der Waals surface area contributed by atoms with E-state index < -0.39 is 5.97 Å². The van der Waals surface area contributed by atoms with Gasteiger partial charge in [0.25, 0.3) is 0 Å². The smallest absolute Gasteiger partial charge is 0.349 e. The first kappa shape index (κ1) is 18.0. The molecule has 0 atom stereocenters. The first-order chi connectivity index (χ1) is 12.6. The monoisotopic (exact) mass is 371 g/mol. The number of aryl methyl sites for hydroxylation is 1. The Morgan fingerprint density at radius 1 is 1.12 bits per heavy atom. The lowest BCUT2D eigenvalue weighted by Gasteiger charge is -2.07. The molecule has 0 aliphatic rings. The molecule has 0 aliphatic heterocycles. The SMILES string of the molecule is CCCOc1ccc(OC(=O)c2c(-c3ccccc3Cl)noc2C)cc1. The molecule has 3 aromatic rings. The second-order valence-corrected chi connectivity index (χ2v) is 6.06. The van der Waals surface area contributed by atoms with E-state index >= 15 is 0 Å². The Kier molecular flexibility index (Phi) is 5.58. The third-order valence-electron chi connectivity index (χ3n) is 3.70. The summed E-state index contributed by atoms with van der Waals surface area (Å²) in [5.74, 6) is 0.947. The molecule has 5 nitrogen and oxygen atoms in total. The molecule has 0 saturated heterocycles. The summed E-state index contributed by atoms with van der Waals surface area (Å²) in [7, 11) is 0. The topological polar surface area (TPSA) is 61.6 Å². The summed E-state index contributed by atoms with van der Waals surface area (Å²) in [4.78, 5) is 12.7. The molecule has 0 spiro atoms. The standard InChI is InChI=1S/C20H18ClNO4/c1-3-12-24-14-8-10-15(11-9-14)25-20(23)18-13(2)26-22-19(18)16-6-4-5-7-17(16)21/h4-11H,3,12H2,1-2H3. The molecule has 0 saturated carbocycles. The van der Waals surface area contributed by atoms with Gasteiger partial charge in [-0.3, -0.25) is 0 Å². The second-order valence-electron chi connectivity index (χ2n) is 5.65. The van der Waals surface area contributed by atoms with E-state index in [1.54, 1.807) is 49.4 Å². The highest BCUT2D eigenvalue weighted by atomic mass is 35.5. The van der Waals surface area contributed by atoms with Gasteiger partial charge in [-0.2, -0.15) is 0 Å². The van der Waals surface area contributed by atoms with Crippen molar-refractivity contribution in [2.75, 3.05) is 6.61 Å². The summed E-state index contributed by atoms with van der Waals surface area (Å²) < 4.78 is 16.2. The molecule has 3 rings (SSSR count). The summed E-state index contributed by atoms with van der Waals surface area (Å²) in [6, 6.07) is 14.0. The highest BCUT2D eigenvalue weighted by Crippen LogP contribution is 2.31. The van der Waals surface area contributed by atoms with Crippen molar-refractivity contribution >= 4 is 17.6 Å². The Balaban J connectivity index is 1.83. The van der Waals surface area contributed by atoms with Crippen molar-refractivity contribution in [1.29, 1.82) is 0 Å². The zero-order chi connectivity index (χ0) is 18.5. The normalized spacial score (nSPS) is 10.6. The average molecular weight is 372 g/mol. The molecular formula is C20H18ClNO4. The number of hydrogen-bond acceptors (Lipinski definition) is 5. The van der Waals surface area contributed by atoms with Crippen molar-refractivity contribution in [3.05, 3.63) is 64.9 Å². The molecule has 134 valence electrons. The lowest BCUT2D eigenvalue weighted by Crippen LogP contribution is -2.10. The van der Waals surface area contributed by atoms with Crippen LogP contribution in [0, 0.1) is 6.92 Å². The number of nitrogens with zero attached hydrogens (tertiary/aromatic N) is 1. The predicted molar refractivity (Wildman–Crippen MR) is 98.9 cm³/mol. The molecule has 2 aromatic carbocycles. The van der Waals surface area contributed by atoms with Gasteiger partial charge in [-0.05, 0) is 43.7 Å². The fourth-order valence-electron chi connectivity index (χ4n) is 2.43. The zero-order valence-electron chi connectivity index (χ0n) is 14.5. The van der Waals surface area contributed by atoms with E-state index in [0.717, 1.165) is 12.2 Å². The van der Waals surface area contributed by atoms with Crippen LogP contribution < -0.4 is 9.47 Å². The first-order valence-corrected chi connectivity index (χ1v) is 8.64. The lowest BCUT2D eigenvalue weighted by atomic mass is 10.1. The van der Waals surface area contributed by atoms with Gasteiger partial charge in [0.05, 0.1) is 11.6 Å². The number of rotatable bonds is 6. The van der Waals surface area contributed by atoms with Crippen LogP contribution in [0.25, 0.3) is 11.3 Å². The van der Waals surface area contributed by atoms with Crippen molar-refractivity contribution in [2.24, 2.45) is 0 Å². The van der Waals surface area contributed by atoms with Gasteiger partial charge in [0.15, 0.2) is 0 Å². The Labute approximate surface area is 156 Å². The number of aromatic nitrogens is 1. The number of carbonyl (C=O) groups is 1. The molecular weight excluding hydrogens is 354 g/mol. The summed E-state index contributed by atoms with van der Waals surface area (Å²) in [6.07, 6.45) is 0.925. The summed E-state index contributed by atoms with van der Waals surface area (Å²) in [6.45, 7) is 4.33. The average Bonchev–Trinajstić information content (AvgIpc) is 3.03. The molecule has 26 heavy (non-hydrogen) atoms. The molecule has 0 aliphatic carbocycles. The van der Waals surface area contributed by atoms with Crippen LogP contribution in [0.3, 0.4) is 0 Å². The predicted octanol–water partition coefficient (Wildman–Crippen LogP) is 5.31. The fraction of sp³-hybridized carbons (Fsp3) is 0.200. The molecule has 0 N–H and O–H groups in total. The minimum atomic E-state index is -0.555. The third kappa shape index (κ3) is 3.89. The summed E-state index contributed by atoms with van der Waals surface area (Å²) >= 11 is 6.22. The van der Waals surface area contributed by atoms with Crippen molar-refractivity contribution in [3.63, 3.8) is 0 Å². The highest BCUT2D eigenvalue weighted by molar-refractivity contribution is 6.33. The van der Waals surface area contributed by atoms with Crippen LogP contribution in [0.2, 0.25) is 5.02 Å². The van der Waals surface area contributed by atoms with E-state index in [9.17, 15) is 4.79 Å². The molecule has 1 heterocycles. The van der Waals surface area contributed by atoms with E-state index in [1.807, 2.05) is 13.0 Å². The van der Waals surface area contributed by atoms with E-state index in [1.165, 1.54) is 0 Å². The van der Waals surface area contributed by atoms with E-state index in [0.29, 0.717) is 34.4 Å². The number of carbonyl (C=O) groups excluding carboxylic acids is 1. The largest absolute Gasteiger partial charge is 0.494 e. The van der Waals surface area contributed by atoms with Gasteiger partial charge >= 0.3 is 5.97 Å². The van der Waals surface area contributed by atoms with E-state index in [-0.39, 0.29) is 5.56 Å². The van der Waals surface area contributed by atoms with Crippen LogP contribution in [-0.4, -0.2) is 17.7 Å². The molecule has 0 radical (unpaired) electrons.